The fourth-order valence-electron chi connectivity index (χ4n) is 8.03. The van der Waals surface area contributed by atoms with Gasteiger partial charge in [-0.05, 0) is 91.7 Å². The third-order valence-electron chi connectivity index (χ3n) is 10.8. The molecule has 3 N–H and O–H groups in total. The Labute approximate surface area is 308 Å². The highest BCUT2D eigenvalue weighted by Gasteiger charge is 2.41. The smallest absolute Gasteiger partial charge is 0.202 e. The van der Waals surface area contributed by atoms with Crippen LogP contribution in [0.1, 0.15) is 58.4 Å². The molecule has 272 valence electrons. The summed E-state index contributed by atoms with van der Waals surface area (Å²) in [4.78, 5) is 4.75. The minimum Gasteiger partial charge on any atom is -0.481 e. The van der Waals surface area contributed by atoms with E-state index in [2.05, 4.69) is 33.3 Å². The quantitative estimate of drug-likeness (QED) is 0.220. The molecular formula is C41H43ClF3N5O2. The molecule has 11 heteroatoms. The van der Waals surface area contributed by atoms with Gasteiger partial charge in [0.25, 0.3) is 0 Å². The van der Waals surface area contributed by atoms with Crippen LogP contribution in [0.25, 0.3) is 0 Å². The fourth-order valence-corrected chi connectivity index (χ4v) is 8.22. The van der Waals surface area contributed by atoms with Crippen LogP contribution < -0.4 is 20.5 Å². The monoisotopic (exact) mass is 729 g/mol. The standard InChI is InChI=1S/C21H24ClFN2O.C20H19F2N3O/c1-14-7-8-17(23)21(19(14)22)26-20-16-6-3-2-5-15(16)13-18(20)25-11-4-9-24-10-12-25;21-18-13(10-23)5-6-17(19(18)22)26-20-15-4-2-1-3-12(15)9-16(20)25-8-7-14(24)11-25/h2-3,5-8,18,20,24H,4,9-13H2,1H3;1-6,14,16,20H,7-9,11,24H2/t18-,20-;14-,16+,20+/m10/s1. The van der Waals surface area contributed by atoms with Gasteiger partial charge in [-0.3, -0.25) is 9.80 Å². The number of nitriles is 1. The second-order valence-electron chi connectivity index (χ2n) is 14.1. The van der Waals surface area contributed by atoms with E-state index in [0.717, 1.165) is 87.2 Å². The molecule has 0 radical (unpaired) electrons. The van der Waals surface area contributed by atoms with E-state index in [9.17, 15) is 13.2 Å². The van der Waals surface area contributed by atoms with Gasteiger partial charge in [-0.15, -0.1) is 0 Å². The Kier molecular flexibility index (Phi) is 11.1. The van der Waals surface area contributed by atoms with Gasteiger partial charge in [0.1, 0.15) is 18.3 Å². The van der Waals surface area contributed by atoms with Gasteiger partial charge in [-0.2, -0.15) is 9.65 Å². The van der Waals surface area contributed by atoms with Crippen molar-refractivity contribution in [1.82, 2.24) is 15.1 Å². The number of fused-ring (bicyclic) bond motifs is 2. The number of rotatable bonds is 6. The van der Waals surface area contributed by atoms with Gasteiger partial charge in [0, 0.05) is 32.2 Å². The first-order chi connectivity index (χ1) is 25.2. The maximum Gasteiger partial charge on any atom is 0.202 e. The van der Waals surface area contributed by atoms with E-state index in [1.165, 1.54) is 23.8 Å². The van der Waals surface area contributed by atoms with Gasteiger partial charge in [-0.25, -0.2) is 8.78 Å². The van der Waals surface area contributed by atoms with Crippen molar-refractivity contribution in [2.24, 2.45) is 5.73 Å². The lowest BCUT2D eigenvalue weighted by atomic mass is 10.1. The number of benzene rings is 4. The van der Waals surface area contributed by atoms with Crippen molar-refractivity contribution in [2.75, 3.05) is 39.3 Å². The number of halogens is 4. The Balaban J connectivity index is 0.000000162. The van der Waals surface area contributed by atoms with Crippen LogP contribution in [0, 0.1) is 35.7 Å². The zero-order chi connectivity index (χ0) is 36.4. The molecule has 0 aromatic heterocycles. The molecule has 0 spiro atoms. The van der Waals surface area contributed by atoms with Crippen LogP contribution in [0.5, 0.6) is 11.5 Å². The summed E-state index contributed by atoms with van der Waals surface area (Å²) in [6, 6.07) is 23.9. The zero-order valence-corrected chi connectivity index (χ0v) is 29.9. The number of likely N-dealkylation sites (tertiary alicyclic amines) is 1. The molecule has 2 saturated heterocycles. The van der Waals surface area contributed by atoms with Crippen molar-refractivity contribution in [3.05, 3.63) is 129 Å². The third-order valence-corrected chi connectivity index (χ3v) is 11.2. The number of nitrogens with zero attached hydrogens (tertiary/aromatic N) is 3. The van der Waals surface area contributed by atoms with Crippen molar-refractivity contribution >= 4 is 11.6 Å². The maximum atomic E-state index is 14.5. The first-order valence-electron chi connectivity index (χ1n) is 18.0. The van der Waals surface area contributed by atoms with Gasteiger partial charge >= 0.3 is 0 Å². The third kappa shape index (κ3) is 7.39. The molecule has 7 nitrogen and oxygen atoms in total. The Hall–Kier alpha value is -4.11. The van der Waals surface area contributed by atoms with Crippen molar-refractivity contribution in [3.8, 4) is 17.6 Å². The lowest BCUT2D eigenvalue weighted by Gasteiger charge is -2.32. The Morgan fingerprint density at radius 3 is 2.15 bits per heavy atom. The summed E-state index contributed by atoms with van der Waals surface area (Å²) in [5.74, 6) is -2.69. The van der Waals surface area contributed by atoms with Gasteiger partial charge in [0.05, 0.1) is 22.7 Å². The van der Waals surface area contributed by atoms with Gasteiger partial charge < -0.3 is 20.5 Å². The number of ether oxygens (including phenoxy) is 2. The number of hydrogen-bond acceptors (Lipinski definition) is 7. The molecule has 2 fully saturated rings. The first kappa shape index (κ1) is 36.3. The second-order valence-corrected chi connectivity index (χ2v) is 14.4. The molecule has 0 bridgehead atoms. The Bertz CT molecular complexity index is 1950. The Morgan fingerprint density at radius 2 is 1.48 bits per heavy atom. The van der Waals surface area contributed by atoms with Crippen molar-refractivity contribution in [2.45, 2.75) is 62.9 Å². The average molecular weight is 730 g/mol. The Morgan fingerprint density at radius 1 is 0.808 bits per heavy atom. The SMILES string of the molecule is Cc1ccc(F)c(O[C@@H]2c3ccccc3C[C@H]2N2CCCNCC2)c1Cl.N#Cc1ccc(O[C@@H]2c3ccccc3C[C@H]2N2CC[C@H](N)C2)c(F)c1F. The predicted molar refractivity (Wildman–Crippen MR) is 195 cm³/mol. The molecule has 0 unspecified atom stereocenters. The highest BCUT2D eigenvalue weighted by Crippen LogP contribution is 2.42. The second kappa shape index (κ2) is 15.9. The van der Waals surface area contributed by atoms with Gasteiger partial charge in [0.2, 0.25) is 5.82 Å². The van der Waals surface area contributed by atoms with Crippen molar-refractivity contribution in [3.63, 3.8) is 0 Å². The summed E-state index contributed by atoms with van der Waals surface area (Å²) < 4.78 is 55.0. The van der Waals surface area contributed by atoms with Crippen LogP contribution in [0.2, 0.25) is 5.02 Å². The molecule has 8 rings (SSSR count). The average Bonchev–Trinajstić information content (AvgIpc) is 3.78. The largest absolute Gasteiger partial charge is 0.481 e. The van der Waals surface area contributed by atoms with Gasteiger partial charge in [0.15, 0.2) is 23.1 Å². The van der Waals surface area contributed by atoms with E-state index in [4.69, 9.17) is 32.1 Å². The molecule has 2 aliphatic carbocycles. The predicted octanol–water partition coefficient (Wildman–Crippen LogP) is 7.04. The number of hydrogen-bond donors (Lipinski definition) is 2. The van der Waals surface area contributed by atoms with Crippen LogP contribution in [0.4, 0.5) is 13.2 Å². The van der Waals surface area contributed by atoms with Crippen molar-refractivity contribution < 1.29 is 22.6 Å². The van der Waals surface area contributed by atoms with Crippen LogP contribution in [-0.2, 0) is 12.8 Å². The maximum absolute atomic E-state index is 14.5. The lowest BCUT2D eigenvalue weighted by molar-refractivity contribution is 0.0791. The van der Waals surface area contributed by atoms with Gasteiger partial charge in [-0.1, -0.05) is 66.2 Å². The summed E-state index contributed by atoms with van der Waals surface area (Å²) in [6.07, 6.45) is 3.12. The number of aryl methyl sites for hydroxylation is 1. The van der Waals surface area contributed by atoms with E-state index >= 15 is 0 Å². The molecule has 4 aliphatic rings. The van der Waals surface area contributed by atoms with Crippen LogP contribution in [-0.4, -0.2) is 67.2 Å². The van der Waals surface area contributed by atoms with Crippen LogP contribution in [0.3, 0.4) is 0 Å². The summed E-state index contributed by atoms with van der Waals surface area (Å²) in [7, 11) is 0. The van der Waals surface area contributed by atoms with E-state index in [-0.39, 0.29) is 41.3 Å². The molecular weight excluding hydrogens is 687 g/mol. The minimum absolute atomic E-state index is 0.0269. The molecule has 0 amide bonds. The number of nitrogens with two attached hydrogens (primary N) is 1. The molecule has 2 aliphatic heterocycles. The zero-order valence-electron chi connectivity index (χ0n) is 29.1. The van der Waals surface area contributed by atoms with E-state index in [1.807, 2.05) is 37.3 Å². The summed E-state index contributed by atoms with van der Waals surface area (Å²) in [5, 5.41) is 12.7. The lowest BCUT2D eigenvalue weighted by Crippen LogP contribution is -2.42. The molecule has 5 atom stereocenters. The number of nitrogens with one attached hydrogen (secondary N) is 1. The molecule has 4 aromatic carbocycles. The first-order valence-corrected chi connectivity index (χ1v) is 18.4. The summed E-state index contributed by atoms with van der Waals surface area (Å²) in [5.41, 5.74) is 11.1. The highest BCUT2D eigenvalue weighted by molar-refractivity contribution is 6.32. The van der Waals surface area contributed by atoms with Crippen molar-refractivity contribution in [1.29, 1.82) is 5.26 Å². The molecule has 2 heterocycles. The van der Waals surface area contributed by atoms with Crippen LogP contribution in [0.15, 0.2) is 72.8 Å². The summed E-state index contributed by atoms with van der Waals surface area (Å²) in [6.45, 7) is 7.51. The van der Waals surface area contributed by atoms with E-state index < -0.39 is 23.6 Å². The molecule has 52 heavy (non-hydrogen) atoms. The molecule has 4 aromatic rings. The fraction of sp³-hybridized carbons (Fsp3) is 0.390. The van der Waals surface area contributed by atoms with E-state index in [1.54, 1.807) is 12.1 Å². The summed E-state index contributed by atoms with van der Waals surface area (Å²) >= 11 is 6.38. The van der Waals surface area contributed by atoms with E-state index in [0.29, 0.717) is 5.02 Å². The molecule has 0 saturated carbocycles. The normalized spacial score (nSPS) is 24.3. The van der Waals surface area contributed by atoms with Crippen LogP contribution >= 0.6 is 11.6 Å². The minimum atomic E-state index is -1.17. The topological polar surface area (TPSA) is 86.8 Å². The highest BCUT2D eigenvalue weighted by atomic mass is 35.5.